The number of pyridine rings is 1. The lowest BCUT2D eigenvalue weighted by molar-refractivity contribution is -0.115. The van der Waals surface area contributed by atoms with Crippen LogP contribution in [0.3, 0.4) is 0 Å². The number of fused-ring (bicyclic) bond motifs is 1. The summed E-state index contributed by atoms with van der Waals surface area (Å²) in [5.74, 6) is -0.224. The number of hydrogen-bond donors (Lipinski definition) is 1. The van der Waals surface area contributed by atoms with Crippen LogP contribution < -0.4 is 5.32 Å². The minimum absolute atomic E-state index is 0.147. The van der Waals surface area contributed by atoms with Crippen molar-refractivity contribution in [3.63, 3.8) is 0 Å². The SMILES string of the molecule is CCC(c1cc(-c2cccc(/C=C(/C(=O)NC3CC3)c3ccc(S(C)(=O)=O)cc3)c2)c2ncccc2c1)S(C)(=O)=O. The summed E-state index contributed by atoms with van der Waals surface area (Å²) in [5.41, 5.74) is 4.90. The van der Waals surface area contributed by atoms with Crippen molar-refractivity contribution in [3.8, 4) is 11.1 Å². The molecule has 0 bridgehead atoms. The zero-order valence-electron chi connectivity index (χ0n) is 23.2. The fourth-order valence-corrected chi connectivity index (χ4v) is 6.89. The van der Waals surface area contributed by atoms with Crippen molar-refractivity contribution < 1.29 is 21.6 Å². The van der Waals surface area contributed by atoms with E-state index < -0.39 is 24.9 Å². The third-order valence-corrected chi connectivity index (χ3v) is 10.0. The van der Waals surface area contributed by atoms with E-state index in [1.807, 2.05) is 55.5 Å². The molecule has 4 aromatic rings. The van der Waals surface area contributed by atoms with Gasteiger partial charge in [-0.1, -0.05) is 43.3 Å². The van der Waals surface area contributed by atoms with Gasteiger partial charge in [0.2, 0.25) is 0 Å². The maximum absolute atomic E-state index is 13.3. The molecule has 1 fully saturated rings. The second kappa shape index (κ2) is 11.2. The van der Waals surface area contributed by atoms with E-state index in [2.05, 4.69) is 10.3 Å². The summed E-state index contributed by atoms with van der Waals surface area (Å²) in [4.78, 5) is 18.1. The molecule has 1 amide bonds. The lowest BCUT2D eigenvalue weighted by Gasteiger charge is -2.17. The van der Waals surface area contributed by atoms with Gasteiger partial charge in [0.15, 0.2) is 19.7 Å². The van der Waals surface area contributed by atoms with Gasteiger partial charge in [-0.3, -0.25) is 9.78 Å². The maximum atomic E-state index is 13.3. The first-order valence-electron chi connectivity index (χ1n) is 13.4. The Morgan fingerprint density at radius 1 is 0.976 bits per heavy atom. The largest absolute Gasteiger partial charge is 0.349 e. The predicted octanol–water partition coefficient (Wildman–Crippen LogP) is 5.62. The molecule has 0 saturated heterocycles. The van der Waals surface area contributed by atoms with E-state index in [0.717, 1.165) is 46.7 Å². The minimum atomic E-state index is -3.37. The first kappa shape index (κ1) is 28.7. The summed E-state index contributed by atoms with van der Waals surface area (Å²) in [6.45, 7) is 1.86. The Labute approximate surface area is 241 Å². The van der Waals surface area contributed by atoms with Gasteiger partial charge in [-0.25, -0.2) is 16.8 Å². The number of nitrogens with zero attached hydrogens (tertiary/aromatic N) is 1. The molecule has 1 unspecified atom stereocenters. The zero-order valence-corrected chi connectivity index (χ0v) is 24.8. The molecule has 41 heavy (non-hydrogen) atoms. The molecule has 7 nitrogen and oxygen atoms in total. The summed E-state index contributed by atoms with van der Waals surface area (Å²) < 4.78 is 49.1. The first-order chi connectivity index (χ1) is 19.4. The Kier molecular flexibility index (Phi) is 7.85. The number of hydrogen-bond acceptors (Lipinski definition) is 6. The van der Waals surface area contributed by atoms with Crippen molar-refractivity contribution >= 4 is 48.1 Å². The van der Waals surface area contributed by atoms with E-state index >= 15 is 0 Å². The van der Waals surface area contributed by atoms with Crippen LogP contribution >= 0.6 is 0 Å². The second-order valence-corrected chi connectivity index (χ2v) is 14.8. The highest BCUT2D eigenvalue weighted by atomic mass is 32.2. The predicted molar refractivity (Wildman–Crippen MR) is 164 cm³/mol. The Bertz CT molecular complexity index is 1880. The summed E-state index contributed by atoms with van der Waals surface area (Å²) in [7, 11) is -6.70. The van der Waals surface area contributed by atoms with Gasteiger partial charge in [-0.05, 0) is 84.0 Å². The van der Waals surface area contributed by atoms with Gasteiger partial charge in [0, 0.05) is 41.3 Å². The maximum Gasteiger partial charge on any atom is 0.252 e. The molecule has 1 aliphatic rings. The number of aromatic nitrogens is 1. The van der Waals surface area contributed by atoms with Crippen LogP contribution in [0.5, 0.6) is 0 Å². The molecule has 0 radical (unpaired) electrons. The summed E-state index contributed by atoms with van der Waals surface area (Å²) >= 11 is 0. The highest BCUT2D eigenvalue weighted by Gasteiger charge is 2.26. The van der Waals surface area contributed by atoms with Crippen molar-refractivity contribution in [3.05, 3.63) is 95.7 Å². The fourth-order valence-electron chi connectivity index (χ4n) is 5.02. The number of carbonyl (C=O) groups is 1. The van der Waals surface area contributed by atoms with E-state index in [1.54, 1.807) is 24.4 Å². The molecule has 212 valence electrons. The van der Waals surface area contributed by atoms with Crippen LogP contribution in [0.4, 0.5) is 0 Å². The average molecular weight is 589 g/mol. The van der Waals surface area contributed by atoms with E-state index in [0.29, 0.717) is 23.1 Å². The molecule has 1 aromatic heterocycles. The normalized spacial score (nSPS) is 15.0. The molecular formula is C32H32N2O5S2. The average Bonchev–Trinajstić information content (AvgIpc) is 3.74. The van der Waals surface area contributed by atoms with Crippen molar-refractivity contribution in [1.82, 2.24) is 10.3 Å². The van der Waals surface area contributed by atoms with Crippen LogP contribution in [0.2, 0.25) is 0 Å². The van der Waals surface area contributed by atoms with Gasteiger partial charge < -0.3 is 5.32 Å². The lowest BCUT2D eigenvalue weighted by atomic mass is 9.95. The Balaban J connectivity index is 1.62. The molecule has 9 heteroatoms. The number of carbonyl (C=O) groups excluding carboxylic acids is 1. The quantitative estimate of drug-likeness (QED) is 0.201. The fraction of sp³-hybridized carbons (Fsp3) is 0.250. The number of rotatable bonds is 9. The molecule has 0 spiro atoms. The van der Waals surface area contributed by atoms with E-state index in [1.165, 1.54) is 18.4 Å². The van der Waals surface area contributed by atoms with Crippen LogP contribution in [0.1, 0.15) is 48.1 Å². The molecule has 0 aliphatic heterocycles. The highest BCUT2D eigenvalue weighted by Crippen LogP contribution is 2.35. The van der Waals surface area contributed by atoms with Crippen molar-refractivity contribution in [2.45, 2.75) is 42.4 Å². The molecule has 3 aromatic carbocycles. The lowest BCUT2D eigenvalue weighted by Crippen LogP contribution is -2.26. The van der Waals surface area contributed by atoms with Crippen molar-refractivity contribution in [2.24, 2.45) is 0 Å². The highest BCUT2D eigenvalue weighted by molar-refractivity contribution is 7.91. The minimum Gasteiger partial charge on any atom is -0.349 e. The van der Waals surface area contributed by atoms with Crippen LogP contribution in [0, 0.1) is 0 Å². The Morgan fingerprint density at radius 2 is 1.71 bits per heavy atom. The number of benzene rings is 3. The monoisotopic (exact) mass is 588 g/mol. The first-order valence-corrected chi connectivity index (χ1v) is 17.3. The van der Waals surface area contributed by atoms with E-state index in [4.69, 9.17) is 0 Å². The molecular weight excluding hydrogens is 556 g/mol. The van der Waals surface area contributed by atoms with E-state index in [-0.39, 0.29) is 16.8 Å². The van der Waals surface area contributed by atoms with Crippen LogP contribution in [-0.2, 0) is 24.5 Å². The number of nitrogens with one attached hydrogen (secondary N) is 1. The summed E-state index contributed by atoms with van der Waals surface area (Å²) in [5, 5.41) is 3.24. The van der Waals surface area contributed by atoms with Crippen molar-refractivity contribution in [1.29, 1.82) is 0 Å². The van der Waals surface area contributed by atoms with Gasteiger partial charge in [0.1, 0.15) is 0 Å². The van der Waals surface area contributed by atoms with Crippen LogP contribution in [0.25, 0.3) is 33.7 Å². The molecule has 1 saturated carbocycles. The summed E-state index contributed by atoms with van der Waals surface area (Å²) in [6.07, 6.45) is 8.23. The third-order valence-electron chi connectivity index (χ3n) is 7.25. The zero-order chi connectivity index (χ0) is 29.4. The standard InChI is InChI=1S/C32H32N2O5S2/c1-4-30(41(3,38)39)25-19-24-9-6-16-33-31(24)28(20-25)23-8-5-7-21(17-23)18-29(32(35)34-26-12-13-26)22-10-14-27(15-11-22)40(2,36)37/h5-11,14-20,26,30H,4,12-13H2,1-3H3,(H,34,35)/b29-18+. The van der Waals surface area contributed by atoms with Crippen LogP contribution in [0.15, 0.2) is 83.9 Å². The molecule has 1 heterocycles. The number of sulfone groups is 2. The molecule has 1 aliphatic carbocycles. The van der Waals surface area contributed by atoms with Gasteiger partial charge >= 0.3 is 0 Å². The molecule has 1 atom stereocenters. The van der Waals surface area contributed by atoms with Crippen molar-refractivity contribution in [2.75, 3.05) is 12.5 Å². The van der Waals surface area contributed by atoms with Gasteiger partial charge in [-0.15, -0.1) is 0 Å². The van der Waals surface area contributed by atoms with Crippen LogP contribution in [-0.4, -0.2) is 46.3 Å². The topological polar surface area (TPSA) is 110 Å². The molecule has 5 rings (SSSR count). The van der Waals surface area contributed by atoms with Gasteiger partial charge in [0.05, 0.1) is 15.7 Å². The second-order valence-electron chi connectivity index (χ2n) is 10.6. The molecule has 1 N–H and O–H groups in total. The smallest absolute Gasteiger partial charge is 0.252 e. The summed E-state index contributed by atoms with van der Waals surface area (Å²) in [6, 6.07) is 21.7. The van der Waals surface area contributed by atoms with Gasteiger partial charge in [0.25, 0.3) is 5.91 Å². The third kappa shape index (κ3) is 6.57. The van der Waals surface area contributed by atoms with E-state index in [9.17, 15) is 21.6 Å². The number of amides is 1. The van der Waals surface area contributed by atoms with Gasteiger partial charge in [-0.2, -0.15) is 0 Å². The Hall–Kier alpha value is -3.82. The Morgan fingerprint density at radius 3 is 2.34 bits per heavy atom.